The number of phenolic OH excluding ortho intramolecular Hbond substituents is 1. The molecule has 5 nitrogen and oxygen atoms in total. The van der Waals surface area contributed by atoms with E-state index in [0.717, 1.165) is 42.4 Å². The predicted octanol–water partition coefficient (Wildman–Crippen LogP) is 6.77. The molecule has 0 unspecified atom stereocenters. The molecule has 8 heteroatoms. The molecule has 2 heterocycles. The van der Waals surface area contributed by atoms with E-state index in [2.05, 4.69) is 23.6 Å². The van der Waals surface area contributed by atoms with Gasteiger partial charge in [-0.15, -0.1) is 34.0 Å². The maximum atomic E-state index is 13.8. The van der Waals surface area contributed by atoms with Gasteiger partial charge in [-0.05, 0) is 66.6 Å². The molecule has 0 aliphatic carbocycles. The highest BCUT2D eigenvalue weighted by Crippen LogP contribution is 2.36. The van der Waals surface area contributed by atoms with Crippen LogP contribution < -0.4 is 10.6 Å². The first kappa shape index (κ1) is 31.8. The molecule has 0 radical (unpaired) electrons. The number of phenols is 1. The van der Waals surface area contributed by atoms with E-state index < -0.39 is 15.1 Å². The number of hydrogen-bond donors (Lipinski definition) is 3. The number of benzene rings is 3. The highest BCUT2D eigenvalue weighted by atomic mass is 79.9. The summed E-state index contributed by atoms with van der Waals surface area (Å²) in [5.74, 6) is 0.253. The fourth-order valence-electron chi connectivity index (χ4n) is 6.05. The Hall–Kier alpha value is -1.71. The molecule has 5 rings (SSSR count). The van der Waals surface area contributed by atoms with Gasteiger partial charge in [0, 0.05) is 30.2 Å². The SMILES string of the molecule is Br.Br.CCCCCCc1ccc(S(=O)(=O)[C@H]2[C@H](NCc3cccc(-c4ccccc4O)c3)[C@H]3CC[C@@H]2N3)cc1. The van der Waals surface area contributed by atoms with E-state index in [1.54, 1.807) is 6.07 Å². The topological polar surface area (TPSA) is 78.4 Å². The molecule has 2 aliphatic heterocycles. The summed E-state index contributed by atoms with van der Waals surface area (Å²) in [4.78, 5) is 0.428. The Bertz CT molecular complexity index is 1320. The van der Waals surface area contributed by atoms with Crippen LogP contribution in [0.4, 0.5) is 0 Å². The summed E-state index contributed by atoms with van der Waals surface area (Å²) in [6.07, 6.45) is 7.71. The maximum Gasteiger partial charge on any atom is 0.184 e. The second kappa shape index (κ2) is 14.3. The lowest BCUT2D eigenvalue weighted by Crippen LogP contribution is -2.50. The Balaban J connectivity index is 0.00000210. The van der Waals surface area contributed by atoms with Crippen molar-refractivity contribution >= 4 is 43.8 Å². The molecule has 0 aromatic heterocycles. The summed E-state index contributed by atoms with van der Waals surface area (Å²) in [7, 11) is -3.48. The molecule has 2 aliphatic rings. The maximum absolute atomic E-state index is 13.8. The quantitative estimate of drug-likeness (QED) is 0.195. The first-order valence-electron chi connectivity index (χ1n) is 13.7. The lowest BCUT2D eigenvalue weighted by atomic mass is 9.94. The van der Waals surface area contributed by atoms with Crippen LogP contribution >= 0.6 is 34.0 Å². The van der Waals surface area contributed by atoms with Crippen LogP contribution in [0.25, 0.3) is 11.1 Å². The smallest absolute Gasteiger partial charge is 0.184 e. The van der Waals surface area contributed by atoms with Crippen LogP contribution in [0.15, 0.2) is 77.7 Å². The second-order valence-electron chi connectivity index (χ2n) is 10.5. The van der Waals surface area contributed by atoms with E-state index in [4.69, 9.17) is 0 Å². The number of rotatable bonds is 11. The molecule has 0 spiro atoms. The van der Waals surface area contributed by atoms with Crippen LogP contribution in [0.3, 0.4) is 0 Å². The molecule has 3 aromatic carbocycles. The lowest BCUT2D eigenvalue weighted by molar-refractivity contribution is 0.409. The molecule has 2 fully saturated rings. The van der Waals surface area contributed by atoms with Crippen molar-refractivity contribution in [2.75, 3.05) is 0 Å². The van der Waals surface area contributed by atoms with Gasteiger partial charge in [0.05, 0.1) is 10.1 Å². The van der Waals surface area contributed by atoms with Crippen molar-refractivity contribution in [3.05, 3.63) is 83.9 Å². The van der Waals surface area contributed by atoms with E-state index in [-0.39, 0.29) is 57.8 Å². The third-order valence-corrected chi connectivity index (χ3v) is 10.3. The minimum absolute atomic E-state index is 0. The molecular formula is C31H40Br2N2O3S. The molecule has 0 saturated carbocycles. The van der Waals surface area contributed by atoms with Gasteiger partial charge in [0.25, 0.3) is 0 Å². The van der Waals surface area contributed by atoms with E-state index in [9.17, 15) is 13.5 Å². The molecule has 2 saturated heterocycles. The third-order valence-electron chi connectivity index (χ3n) is 8.01. The minimum Gasteiger partial charge on any atom is -0.507 e. The fraction of sp³-hybridized carbons (Fsp3) is 0.419. The van der Waals surface area contributed by atoms with Crippen LogP contribution in [-0.2, 0) is 22.8 Å². The Morgan fingerprint density at radius 3 is 2.36 bits per heavy atom. The summed E-state index contributed by atoms with van der Waals surface area (Å²) >= 11 is 0. The molecule has 3 N–H and O–H groups in total. The zero-order valence-corrected chi connectivity index (χ0v) is 26.6. The summed E-state index contributed by atoms with van der Waals surface area (Å²) in [6.45, 7) is 2.78. The van der Waals surface area contributed by atoms with Crippen LogP contribution in [-0.4, -0.2) is 36.9 Å². The average molecular weight is 681 g/mol. The van der Waals surface area contributed by atoms with Crippen LogP contribution in [0, 0.1) is 0 Å². The van der Waals surface area contributed by atoms with Crippen molar-refractivity contribution < 1.29 is 13.5 Å². The van der Waals surface area contributed by atoms with Crippen molar-refractivity contribution in [3.8, 4) is 16.9 Å². The predicted molar refractivity (Wildman–Crippen MR) is 170 cm³/mol. The Morgan fingerprint density at radius 2 is 1.62 bits per heavy atom. The molecular weight excluding hydrogens is 640 g/mol. The number of fused-ring (bicyclic) bond motifs is 2. The zero-order chi connectivity index (χ0) is 25.8. The normalized spacial score (nSPS) is 21.8. The van der Waals surface area contributed by atoms with Crippen molar-refractivity contribution in [3.63, 3.8) is 0 Å². The van der Waals surface area contributed by atoms with Crippen LogP contribution in [0.2, 0.25) is 0 Å². The van der Waals surface area contributed by atoms with Crippen LogP contribution in [0.5, 0.6) is 5.75 Å². The van der Waals surface area contributed by atoms with E-state index in [1.807, 2.05) is 60.7 Å². The number of halogens is 2. The number of aryl methyl sites for hydroxylation is 1. The number of aromatic hydroxyl groups is 1. The van der Waals surface area contributed by atoms with Crippen molar-refractivity contribution in [1.82, 2.24) is 10.6 Å². The van der Waals surface area contributed by atoms with Gasteiger partial charge in [0.2, 0.25) is 0 Å². The molecule has 4 atom stereocenters. The number of nitrogens with one attached hydrogen (secondary N) is 2. The minimum atomic E-state index is -3.48. The number of para-hydroxylation sites is 1. The monoisotopic (exact) mass is 678 g/mol. The van der Waals surface area contributed by atoms with Gasteiger partial charge in [-0.1, -0.05) is 74.7 Å². The van der Waals surface area contributed by atoms with Crippen molar-refractivity contribution in [2.45, 2.75) is 86.7 Å². The molecule has 2 bridgehead atoms. The summed E-state index contributed by atoms with van der Waals surface area (Å²) in [6, 6.07) is 23.0. The zero-order valence-electron chi connectivity index (χ0n) is 22.4. The first-order chi connectivity index (χ1) is 18.0. The summed E-state index contributed by atoms with van der Waals surface area (Å²) in [5, 5.41) is 16.9. The highest BCUT2D eigenvalue weighted by Gasteiger charge is 2.53. The summed E-state index contributed by atoms with van der Waals surface area (Å²) < 4.78 is 27.7. The highest BCUT2D eigenvalue weighted by molar-refractivity contribution is 8.93. The average Bonchev–Trinajstić information content (AvgIpc) is 3.53. The standard InChI is InChI=1S/C31H38N2O3S.2BrH/c1-2-3-4-5-9-22-14-16-25(17-15-22)37(35,36)31-28-19-18-27(33-28)30(31)32-21-23-10-8-11-24(20-23)26-12-6-7-13-29(26)34;;/h6-8,10-17,20,27-28,30-34H,2-5,9,18-19,21H2,1H3;2*1H/t27-,28+,30-,31-;;/m1../s1. The Kier molecular flexibility index (Phi) is 11.6. The Labute approximate surface area is 254 Å². The molecule has 0 amide bonds. The van der Waals surface area contributed by atoms with Gasteiger partial charge in [-0.2, -0.15) is 0 Å². The van der Waals surface area contributed by atoms with Gasteiger partial charge in [0.1, 0.15) is 5.75 Å². The van der Waals surface area contributed by atoms with Gasteiger partial charge in [-0.25, -0.2) is 8.42 Å². The first-order valence-corrected chi connectivity index (χ1v) is 15.2. The third kappa shape index (κ3) is 7.14. The van der Waals surface area contributed by atoms with Gasteiger partial charge in [0.15, 0.2) is 9.84 Å². The Morgan fingerprint density at radius 1 is 0.872 bits per heavy atom. The summed E-state index contributed by atoms with van der Waals surface area (Å²) in [5.41, 5.74) is 4.01. The van der Waals surface area contributed by atoms with Crippen molar-refractivity contribution in [1.29, 1.82) is 0 Å². The molecule has 212 valence electrons. The number of sulfone groups is 1. The molecule has 39 heavy (non-hydrogen) atoms. The fourth-order valence-corrected chi connectivity index (χ4v) is 8.20. The van der Waals surface area contributed by atoms with E-state index in [0.29, 0.717) is 11.4 Å². The van der Waals surface area contributed by atoms with Crippen LogP contribution in [0.1, 0.15) is 56.6 Å². The van der Waals surface area contributed by atoms with E-state index in [1.165, 1.54) is 24.8 Å². The van der Waals surface area contributed by atoms with Gasteiger partial charge in [-0.3, -0.25) is 0 Å². The number of unbranched alkanes of at least 4 members (excludes halogenated alkanes) is 3. The van der Waals surface area contributed by atoms with Gasteiger partial charge < -0.3 is 15.7 Å². The number of hydrogen-bond acceptors (Lipinski definition) is 5. The second-order valence-corrected chi connectivity index (χ2v) is 12.7. The van der Waals surface area contributed by atoms with Gasteiger partial charge >= 0.3 is 0 Å². The molecule has 3 aromatic rings. The largest absolute Gasteiger partial charge is 0.507 e. The van der Waals surface area contributed by atoms with E-state index >= 15 is 0 Å². The lowest BCUT2D eigenvalue weighted by Gasteiger charge is -2.30. The van der Waals surface area contributed by atoms with Crippen molar-refractivity contribution in [2.24, 2.45) is 0 Å².